The Balaban J connectivity index is 2.58. The summed E-state index contributed by atoms with van der Waals surface area (Å²) in [6.07, 6.45) is 1.68. The van der Waals surface area contributed by atoms with E-state index in [9.17, 15) is 4.79 Å². The summed E-state index contributed by atoms with van der Waals surface area (Å²) in [6, 6.07) is 0. The van der Waals surface area contributed by atoms with Crippen LogP contribution < -0.4 is 11.3 Å². The Kier molecular flexibility index (Phi) is 2.45. The van der Waals surface area contributed by atoms with Gasteiger partial charge in [-0.2, -0.15) is 5.10 Å². The lowest BCUT2D eigenvalue weighted by Gasteiger charge is -2.01. The Morgan fingerprint density at radius 3 is 3.06 bits per heavy atom. The molecule has 0 spiro atoms. The van der Waals surface area contributed by atoms with Crippen LogP contribution in [0.25, 0.3) is 21.3 Å². The highest BCUT2D eigenvalue weighted by atomic mass is 127. The zero-order valence-electron chi connectivity index (χ0n) is 8.85. The molecule has 3 aromatic rings. The topological polar surface area (TPSA) is 78.7 Å². The minimum absolute atomic E-state index is 0.0819. The van der Waals surface area contributed by atoms with Gasteiger partial charge in [0.05, 0.1) is 17.6 Å². The number of aryl methyl sites for hydroxylation is 1. The van der Waals surface area contributed by atoms with E-state index in [-0.39, 0.29) is 12.2 Å². The molecule has 0 radical (unpaired) electrons. The lowest BCUT2D eigenvalue weighted by Crippen LogP contribution is -2.27. The van der Waals surface area contributed by atoms with Gasteiger partial charge in [-0.1, -0.05) is 0 Å². The highest BCUT2D eigenvalue weighted by molar-refractivity contribution is 14.1. The summed E-state index contributed by atoms with van der Waals surface area (Å²) < 4.78 is 5.00. The van der Waals surface area contributed by atoms with Gasteiger partial charge in [-0.3, -0.25) is 4.79 Å². The normalized spacial score (nSPS) is 11.7. The number of rotatable bonds is 1. The van der Waals surface area contributed by atoms with Gasteiger partial charge < -0.3 is 10.3 Å². The Labute approximate surface area is 113 Å². The molecular weight excluding hydrogens is 353 g/mol. The second-order valence-electron chi connectivity index (χ2n) is 3.57. The van der Waals surface area contributed by atoms with E-state index < -0.39 is 0 Å². The minimum atomic E-state index is -0.173. The van der Waals surface area contributed by atoms with Gasteiger partial charge >= 0.3 is 0 Å². The maximum absolute atomic E-state index is 12.1. The number of aromatic nitrogens is 4. The van der Waals surface area contributed by atoms with Crippen LogP contribution in [0.3, 0.4) is 0 Å². The molecule has 3 aromatic heterocycles. The second kappa shape index (κ2) is 3.75. The molecule has 2 N–H and O–H groups in total. The number of nitrogens with two attached hydrogens (primary N) is 1. The molecule has 0 aromatic carbocycles. The predicted molar refractivity (Wildman–Crippen MR) is 75.1 cm³/mol. The fraction of sp³-hybridized carbons (Fsp3) is 0.222. The third-order valence-corrected chi connectivity index (χ3v) is 4.44. The van der Waals surface area contributed by atoms with Crippen LogP contribution >= 0.6 is 33.9 Å². The first kappa shape index (κ1) is 11.1. The van der Waals surface area contributed by atoms with Crippen molar-refractivity contribution in [1.29, 1.82) is 0 Å². The van der Waals surface area contributed by atoms with Crippen molar-refractivity contribution in [1.82, 2.24) is 19.3 Å². The zero-order valence-corrected chi connectivity index (χ0v) is 11.8. The number of fused-ring (bicyclic) bond motifs is 3. The maximum Gasteiger partial charge on any atom is 0.292 e. The highest BCUT2D eigenvalue weighted by Gasteiger charge is 2.16. The molecule has 88 valence electrons. The van der Waals surface area contributed by atoms with Crippen LogP contribution in [-0.4, -0.2) is 19.3 Å². The lowest BCUT2D eigenvalue weighted by molar-refractivity contribution is 0.602. The van der Waals surface area contributed by atoms with Gasteiger partial charge in [0.1, 0.15) is 5.52 Å². The molecule has 8 heteroatoms. The van der Waals surface area contributed by atoms with Crippen molar-refractivity contribution in [2.24, 2.45) is 12.8 Å². The van der Waals surface area contributed by atoms with Crippen molar-refractivity contribution in [3.63, 3.8) is 0 Å². The summed E-state index contributed by atoms with van der Waals surface area (Å²) in [4.78, 5) is 16.5. The van der Waals surface area contributed by atoms with Gasteiger partial charge in [-0.15, -0.1) is 11.3 Å². The molecule has 0 amide bonds. The molecule has 17 heavy (non-hydrogen) atoms. The Morgan fingerprint density at radius 1 is 1.59 bits per heavy atom. The summed E-state index contributed by atoms with van der Waals surface area (Å²) in [6.45, 7) is 0.0819. The van der Waals surface area contributed by atoms with Crippen LogP contribution in [-0.2, 0) is 13.7 Å². The van der Waals surface area contributed by atoms with E-state index in [1.54, 1.807) is 22.1 Å². The largest absolute Gasteiger partial charge is 0.323 e. The molecule has 0 unspecified atom stereocenters. The monoisotopic (exact) mass is 361 g/mol. The number of hydrogen-bond donors (Lipinski definition) is 1. The third-order valence-electron chi connectivity index (χ3n) is 2.67. The number of halogens is 1. The van der Waals surface area contributed by atoms with Crippen LogP contribution in [0.1, 0.15) is 0 Å². The van der Waals surface area contributed by atoms with Crippen molar-refractivity contribution >= 4 is 55.2 Å². The molecule has 0 bridgehead atoms. The van der Waals surface area contributed by atoms with E-state index in [1.165, 1.54) is 4.68 Å². The number of hydrogen-bond acceptors (Lipinski definition) is 5. The highest BCUT2D eigenvalue weighted by Crippen LogP contribution is 2.30. The molecule has 0 aliphatic rings. The molecular formula is C9H8IN5OS. The van der Waals surface area contributed by atoms with Crippen LogP contribution in [0.4, 0.5) is 0 Å². The second-order valence-corrected chi connectivity index (χ2v) is 6.33. The first-order chi connectivity index (χ1) is 8.13. The number of nitrogens with zero attached hydrogens (tertiary/aromatic N) is 4. The average molecular weight is 361 g/mol. The van der Waals surface area contributed by atoms with E-state index in [4.69, 9.17) is 5.73 Å². The van der Waals surface area contributed by atoms with Crippen LogP contribution in [0.5, 0.6) is 0 Å². The van der Waals surface area contributed by atoms with Gasteiger partial charge in [-0.05, 0) is 22.6 Å². The summed E-state index contributed by atoms with van der Waals surface area (Å²) in [5.41, 5.74) is 6.72. The summed E-state index contributed by atoms with van der Waals surface area (Å²) in [5.74, 6) is 0. The third kappa shape index (κ3) is 1.44. The number of thiazole rings is 1. The van der Waals surface area contributed by atoms with Gasteiger partial charge in [0, 0.05) is 12.4 Å². The Hall–Kier alpha value is -1.00. The van der Waals surface area contributed by atoms with Crippen molar-refractivity contribution in [3.05, 3.63) is 19.6 Å². The van der Waals surface area contributed by atoms with Crippen LogP contribution in [0.15, 0.2) is 11.0 Å². The minimum Gasteiger partial charge on any atom is -0.323 e. The maximum atomic E-state index is 12.1. The Morgan fingerprint density at radius 2 is 2.35 bits per heavy atom. The standard InChI is InChI=1S/C9H8IN5OS/c1-14-5-4(2-12-15(3-11)8(5)16)6-7(14)13-9(10)17-6/h2H,3,11H2,1H3. The van der Waals surface area contributed by atoms with E-state index in [0.717, 1.165) is 18.7 Å². The fourth-order valence-corrected chi connectivity index (χ4v) is 3.62. The summed E-state index contributed by atoms with van der Waals surface area (Å²) in [5, 5.41) is 4.88. The molecule has 3 rings (SSSR count). The van der Waals surface area contributed by atoms with Crippen molar-refractivity contribution in [2.45, 2.75) is 6.67 Å². The molecule has 6 nitrogen and oxygen atoms in total. The molecule has 3 heterocycles. The van der Waals surface area contributed by atoms with Crippen molar-refractivity contribution in [2.75, 3.05) is 0 Å². The van der Waals surface area contributed by atoms with Gasteiger partial charge in [0.2, 0.25) is 0 Å². The van der Waals surface area contributed by atoms with Crippen molar-refractivity contribution in [3.8, 4) is 0 Å². The first-order valence-electron chi connectivity index (χ1n) is 4.84. The van der Waals surface area contributed by atoms with Gasteiger partial charge in [0.25, 0.3) is 5.56 Å². The molecule has 0 fully saturated rings. The van der Waals surface area contributed by atoms with Crippen LogP contribution in [0, 0.1) is 3.01 Å². The zero-order chi connectivity index (χ0) is 12.2. The SMILES string of the molecule is Cn1c2nc(I)sc2c2cnn(CN)c(=O)c21. The van der Waals surface area contributed by atoms with E-state index in [2.05, 4.69) is 32.7 Å². The quantitative estimate of drug-likeness (QED) is 0.653. The van der Waals surface area contributed by atoms with Crippen molar-refractivity contribution < 1.29 is 0 Å². The molecule has 0 saturated carbocycles. The van der Waals surface area contributed by atoms with E-state index >= 15 is 0 Å². The van der Waals surface area contributed by atoms with Crippen LogP contribution in [0.2, 0.25) is 0 Å². The molecule has 0 saturated heterocycles. The molecule has 0 aliphatic heterocycles. The van der Waals surface area contributed by atoms with E-state index in [0.29, 0.717) is 5.52 Å². The molecule has 0 atom stereocenters. The predicted octanol–water partition coefficient (Wildman–Crippen LogP) is 0.865. The summed E-state index contributed by atoms with van der Waals surface area (Å²) >= 11 is 3.73. The Bertz CT molecular complexity index is 786. The average Bonchev–Trinajstić information content (AvgIpc) is 2.79. The lowest BCUT2D eigenvalue weighted by atomic mass is 10.4. The summed E-state index contributed by atoms with van der Waals surface area (Å²) in [7, 11) is 1.84. The fourth-order valence-electron chi connectivity index (χ4n) is 1.89. The van der Waals surface area contributed by atoms with Gasteiger partial charge in [0.15, 0.2) is 8.66 Å². The van der Waals surface area contributed by atoms with E-state index in [1.807, 2.05) is 7.05 Å². The molecule has 0 aliphatic carbocycles. The smallest absolute Gasteiger partial charge is 0.292 e. The first-order valence-corrected chi connectivity index (χ1v) is 6.73. The van der Waals surface area contributed by atoms with Gasteiger partial charge in [-0.25, -0.2) is 9.67 Å².